The molecule has 0 spiro atoms. The number of benzene rings is 2. The summed E-state index contributed by atoms with van der Waals surface area (Å²) in [4.78, 5) is 0.169. The Morgan fingerprint density at radius 3 is 2.44 bits per heavy atom. The molecule has 2 aromatic rings. The first-order chi connectivity index (χ1) is 13.0. The molecule has 1 aliphatic rings. The molecule has 0 aliphatic carbocycles. The molecule has 1 atom stereocenters. The number of rotatable bonds is 5. The maximum Gasteiger partial charge on any atom is 0.246 e. The molecule has 5 nitrogen and oxygen atoms in total. The number of hydrogen-bond donors (Lipinski definition) is 0. The summed E-state index contributed by atoms with van der Waals surface area (Å²) in [7, 11) is -0.674. The number of sulfonamides is 1. The summed E-state index contributed by atoms with van der Waals surface area (Å²) in [6.07, 6.45) is 2.77. The predicted octanol–water partition coefficient (Wildman–Crippen LogP) is 4.32. The van der Waals surface area contributed by atoms with E-state index < -0.39 is 10.0 Å². The zero-order valence-corrected chi connectivity index (χ0v) is 17.1. The molecule has 2 aromatic carbocycles. The number of nitrogens with zero attached hydrogens (tertiary/aromatic N) is 1. The minimum absolute atomic E-state index is 0.142. The zero-order chi connectivity index (χ0) is 19.4. The van der Waals surface area contributed by atoms with Gasteiger partial charge < -0.3 is 9.47 Å². The summed E-state index contributed by atoms with van der Waals surface area (Å²) in [5.41, 5.74) is 1.11. The number of halogens is 1. The minimum atomic E-state index is -3.68. The minimum Gasteiger partial charge on any atom is -0.497 e. The maximum atomic E-state index is 13.3. The van der Waals surface area contributed by atoms with Crippen LogP contribution in [0.25, 0.3) is 0 Å². The molecule has 3 rings (SSSR count). The zero-order valence-electron chi connectivity index (χ0n) is 15.5. The Bertz CT molecular complexity index is 883. The van der Waals surface area contributed by atoms with Gasteiger partial charge in [-0.15, -0.1) is 0 Å². The first-order valence-corrected chi connectivity index (χ1v) is 10.7. The lowest BCUT2D eigenvalue weighted by Gasteiger charge is -2.25. The van der Waals surface area contributed by atoms with Crippen molar-refractivity contribution < 1.29 is 17.9 Å². The average Bonchev–Trinajstić information content (AvgIpc) is 2.95. The van der Waals surface area contributed by atoms with Crippen LogP contribution in [-0.2, 0) is 10.0 Å². The van der Waals surface area contributed by atoms with Gasteiger partial charge in [-0.1, -0.05) is 30.2 Å². The standard InChI is InChI=1S/C20H24ClNO4S/c1-25-18-10-11-20(19(13-18)26-2)27(23,24)22-12-4-3-5-16(14-22)15-6-8-17(21)9-7-15/h6-11,13,16H,3-5,12,14H2,1-2H3. The molecule has 0 bridgehead atoms. The normalized spacial score (nSPS) is 18.7. The molecule has 7 heteroatoms. The number of ether oxygens (including phenoxy) is 2. The highest BCUT2D eigenvalue weighted by Crippen LogP contribution is 2.34. The molecule has 146 valence electrons. The van der Waals surface area contributed by atoms with Crippen molar-refractivity contribution in [2.75, 3.05) is 27.3 Å². The first kappa shape index (κ1) is 20.0. The van der Waals surface area contributed by atoms with Gasteiger partial charge in [-0.3, -0.25) is 0 Å². The van der Waals surface area contributed by atoms with Crippen LogP contribution in [0.15, 0.2) is 47.4 Å². The summed E-state index contributed by atoms with van der Waals surface area (Å²) >= 11 is 5.99. The van der Waals surface area contributed by atoms with Crippen molar-refractivity contribution >= 4 is 21.6 Å². The highest BCUT2D eigenvalue weighted by Gasteiger charge is 2.31. The van der Waals surface area contributed by atoms with Crippen LogP contribution in [0.3, 0.4) is 0 Å². The summed E-state index contributed by atoms with van der Waals surface area (Å²) in [5, 5.41) is 0.680. The highest BCUT2D eigenvalue weighted by atomic mass is 35.5. The summed E-state index contributed by atoms with van der Waals surface area (Å²) < 4.78 is 38.7. The Hall–Kier alpha value is -1.76. The monoisotopic (exact) mass is 409 g/mol. The van der Waals surface area contributed by atoms with Gasteiger partial charge in [0.05, 0.1) is 14.2 Å². The fraction of sp³-hybridized carbons (Fsp3) is 0.400. The lowest BCUT2D eigenvalue weighted by Crippen LogP contribution is -2.34. The van der Waals surface area contributed by atoms with Crippen molar-refractivity contribution in [2.45, 2.75) is 30.1 Å². The van der Waals surface area contributed by atoms with Gasteiger partial charge in [-0.2, -0.15) is 4.31 Å². The van der Waals surface area contributed by atoms with E-state index in [0.29, 0.717) is 29.6 Å². The largest absolute Gasteiger partial charge is 0.497 e. The van der Waals surface area contributed by atoms with Crippen molar-refractivity contribution in [3.63, 3.8) is 0 Å². The van der Waals surface area contributed by atoms with Crippen LogP contribution < -0.4 is 9.47 Å². The fourth-order valence-electron chi connectivity index (χ4n) is 3.46. The van der Waals surface area contributed by atoms with E-state index in [-0.39, 0.29) is 10.8 Å². The summed E-state index contributed by atoms with van der Waals surface area (Å²) in [6, 6.07) is 12.5. The van der Waals surface area contributed by atoms with Gasteiger partial charge in [0, 0.05) is 24.2 Å². The van der Waals surface area contributed by atoms with Crippen LogP contribution in [0.5, 0.6) is 11.5 Å². The Morgan fingerprint density at radius 1 is 1.04 bits per heavy atom. The Labute approximate surface area is 165 Å². The second-order valence-corrected chi connectivity index (χ2v) is 8.97. The summed E-state index contributed by atoms with van der Waals surface area (Å²) in [5.74, 6) is 0.992. The molecule has 0 amide bonds. The molecule has 27 heavy (non-hydrogen) atoms. The van der Waals surface area contributed by atoms with Crippen molar-refractivity contribution in [1.82, 2.24) is 4.31 Å². The van der Waals surface area contributed by atoms with Crippen LogP contribution >= 0.6 is 11.6 Å². The fourth-order valence-corrected chi connectivity index (χ4v) is 5.25. The SMILES string of the molecule is COc1ccc(S(=O)(=O)N2CCCCC(c3ccc(Cl)cc3)C2)c(OC)c1. The van der Waals surface area contributed by atoms with Gasteiger partial charge in [0.2, 0.25) is 10.0 Å². The molecule has 1 heterocycles. The lowest BCUT2D eigenvalue weighted by atomic mass is 9.95. The third-order valence-electron chi connectivity index (χ3n) is 4.96. The van der Waals surface area contributed by atoms with Crippen LogP contribution in [0.2, 0.25) is 5.02 Å². The molecule has 0 radical (unpaired) electrons. The molecule has 1 aliphatic heterocycles. The van der Waals surface area contributed by atoms with Gasteiger partial charge in [-0.25, -0.2) is 8.42 Å². The van der Waals surface area contributed by atoms with E-state index in [4.69, 9.17) is 21.1 Å². The number of hydrogen-bond acceptors (Lipinski definition) is 4. The first-order valence-electron chi connectivity index (χ1n) is 8.93. The second-order valence-electron chi connectivity index (χ2n) is 6.62. The topological polar surface area (TPSA) is 55.8 Å². The molecular formula is C20H24ClNO4S. The van der Waals surface area contributed by atoms with Gasteiger partial charge in [0.25, 0.3) is 0 Å². The molecule has 0 N–H and O–H groups in total. The molecule has 0 saturated carbocycles. The molecule has 1 unspecified atom stereocenters. The third kappa shape index (κ3) is 4.39. The predicted molar refractivity (Wildman–Crippen MR) is 106 cm³/mol. The van der Waals surface area contributed by atoms with E-state index in [2.05, 4.69) is 0 Å². The Balaban J connectivity index is 1.92. The van der Waals surface area contributed by atoms with E-state index in [1.54, 1.807) is 22.5 Å². The molecule has 1 saturated heterocycles. The van der Waals surface area contributed by atoms with Crippen molar-refractivity contribution in [3.8, 4) is 11.5 Å². The third-order valence-corrected chi connectivity index (χ3v) is 7.12. The highest BCUT2D eigenvalue weighted by molar-refractivity contribution is 7.89. The maximum absolute atomic E-state index is 13.3. The van der Waals surface area contributed by atoms with E-state index in [1.807, 2.05) is 24.3 Å². The van der Waals surface area contributed by atoms with Crippen LogP contribution in [-0.4, -0.2) is 40.0 Å². The smallest absolute Gasteiger partial charge is 0.246 e. The lowest BCUT2D eigenvalue weighted by molar-refractivity contribution is 0.377. The van der Waals surface area contributed by atoms with Crippen LogP contribution in [0.1, 0.15) is 30.7 Å². The van der Waals surface area contributed by atoms with E-state index in [0.717, 1.165) is 24.8 Å². The number of methoxy groups -OCH3 is 2. The van der Waals surface area contributed by atoms with Gasteiger partial charge >= 0.3 is 0 Å². The Kier molecular flexibility index (Phi) is 6.29. The van der Waals surface area contributed by atoms with E-state index >= 15 is 0 Å². The van der Waals surface area contributed by atoms with Gasteiger partial charge in [-0.05, 0) is 48.6 Å². The van der Waals surface area contributed by atoms with Crippen LogP contribution in [0.4, 0.5) is 0 Å². The van der Waals surface area contributed by atoms with Gasteiger partial charge in [0.15, 0.2) is 0 Å². The van der Waals surface area contributed by atoms with Crippen LogP contribution in [0, 0.1) is 0 Å². The molecule has 1 fully saturated rings. The van der Waals surface area contributed by atoms with Crippen molar-refractivity contribution in [3.05, 3.63) is 53.1 Å². The molecule has 0 aromatic heterocycles. The van der Waals surface area contributed by atoms with Crippen molar-refractivity contribution in [2.24, 2.45) is 0 Å². The second kappa shape index (κ2) is 8.50. The quantitative estimate of drug-likeness (QED) is 0.738. The van der Waals surface area contributed by atoms with Crippen molar-refractivity contribution in [1.29, 1.82) is 0 Å². The van der Waals surface area contributed by atoms with Gasteiger partial charge in [0.1, 0.15) is 16.4 Å². The summed E-state index contributed by atoms with van der Waals surface area (Å²) in [6.45, 7) is 0.945. The van der Waals surface area contributed by atoms with E-state index in [9.17, 15) is 8.42 Å². The average molecular weight is 410 g/mol. The Morgan fingerprint density at radius 2 is 1.78 bits per heavy atom. The van der Waals surface area contributed by atoms with E-state index in [1.165, 1.54) is 14.2 Å². The molecular weight excluding hydrogens is 386 g/mol.